The van der Waals surface area contributed by atoms with Crippen molar-refractivity contribution in [2.75, 3.05) is 6.54 Å². The number of carbonyl (C=O) groups is 1. The molecule has 0 aliphatic rings. The molecule has 19 heavy (non-hydrogen) atoms. The fourth-order valence-electron chi connectivity index (χ4n) is 1.97. The van der Waals surface area contributed by atoms with E-state index in [0.29, 0.717) is 0 Å². The maximum atomic E-state index is 13.7. The molecule has 0 aliphatic heterocycles. The summed E-state index contributed by atoms with van der Waals surface area (Å²) in [7, 11) is 0. The van der Waals surface area contributed by atoms with Crippen LogP contribution in [0.5, 0.6) is 0 Å². The number of carbonyl (C=O) groups excluding carboxylic acids is 1. The van der Waals surface area contributed by atoms with E-state index in [1.165, 1.54) is 12.1 Å². The Morgan fingerprint density at radius 3 is 2.63 bits per heavy atom. The molecular weight excluding hydrogens is 313 g/mol. The van der Waals surface area contributed by atoms with Crippen molar-refractivity contribution in [1.29, 1.82) is 0 Å². The minimum absolute atomic E-state index is 0.0221. The van der Waals surface area contributed by atoms with Gasteiger partial charge in [-0.15, -0.1) is 0 Å². The highest BCUT2D eigenvalue weighted by atomic mass is 79.9. The lowest BCUT2D eigenvalue weighted by molar-refractivity contribution is 0.0813. The van der Waals surface area contributed by atoms with E-state index in [0.717, 1.165) is 12.8 Å². The van der Waals surface area contributed by atoms with E-state index in [2.05, 4.69) is 21.2 Å². The number of halogens is 2. The van der Waals surface area contributed by atoms with Crippen LogP contribution >= 0.6 is 15.9 Å². The summed E-state index contributed by atoms with van der Waals surface area (Å²) in [5, 5.41) is 12.5. The second kappa shape index (κ2) is 7.60. The number of hydrogen-bond donors (Lipinski definition) is 2. The maximum Gasteiger partial charge on any atom is 0.254 e. The fraction of sp³-hybridized carbons (Fsp3) is 0.500. The van der Waals surface area contributed by atoms with Crippen LogP contribution in [0.15, 0.2) is 22.7 Å². The number of rotatable bonds is 6. The Labute approximate surface area is 121 Å². The molecule has 5 heteroatoms. The molecule has 3 nitrogen and oxygen atoms in total. The van der Waals surface area contributed by atoms with Crippen molar-refractivity contribution < 1.29 is 14.3 Å². The van der Waals surface area contributed by atoms with Crippen LogP contribution in [0.25, 0.3) is 0 Å². The minimum atomic E-state index is -0.603. The van der Waals surface area contributed by atoms with Crippen molar-refractivity contribution in [2.24, 2.45) is 5.92 Å². The fourth-order valence-corrected chi connectivity index (χ4v) is 2.34. The summed E-state index contributed by atoms with van der Waals surface area (Å²) in [6, 6.07) is 4.55. The number of nitrogens with one attached hydrogen (secondary N) is 1. The summed E-state index contributed by atoms with van der Waals surface area (Å²) in [6.07, 6.45) is 1.09. The first kappa shape index (κ1) is 16.1. The van der Waals surface area contributed by atoms with Crippen molar-refractivity contribution in [3.63, 3.8) is 0 Å². The highest BCUT2D eigenvalue weighted by Crippen LogP contribution is 2.18. The number of benzene rings is 1. The third-order valence-corrected chi connectivity index (χ3v) is 3.87. The van der Waals surface area contributed by atoms with Crippen molar-refractivity contribution >= 4 is 21.8 Å². The molecule has 0 saturated heterocycles. The molecule has 0 heterocycles. The molecule has 1 aromatic carbocycles. The molecule has 0 radical (unpaired) electrons. The highest BCUT2D eigenvalue weighted by Gasteiger charge is 2.18. The summed E-state index contributed by atoms with van der Waals surface area (Å²) in [5.41, 5.74) is -0.0221. The summed E-state index contributed by atoms with van der Waals surface area (Å²) in [6.45, 7) is 4.12. The molecule has 0 bridgehead atoms. The summed E-state index contributed by atoms with van der Waals surface area (Å²) in [4.78, 5) is 11.8. The molecule has 106 valence electrons. The molecule has 0 saturated carbocycles. The van der Waals surface area contributed by atoms with E-state index in [1.807, 2.05) is 13.8 Å². The van der Waals surface area contributed by atoms with Crippen LogP contribution in [-0.4, -0.2) is 23.7 Å². The van der Waals surface area contributed by atoms with Gasteiger partial charge < -0.3 is 10.4 Å². The topological polar surface area (TPSA) is 49.3 Å². The normalized spacial score (nSPS) is 12.5. The second-order valence-electron chi connectivity index (χ2n) is 4.46. The number of aliphatic hydroxyl groups excluding tert-OH is 1. The zero-order valence-corrected chi connectivity index (χ0v) is 12.7. The average molecular weight is 332 g/mol. The molecule has 1 unspecified atom stereocenters. The van der Waals surface area contributed by atoms with Crippen LogP contribution in [0, 0.1) is 11.7 Å². The van der Waals surface area contributed by atoms with Gasteiger partial charge in [-0.05, 0) is 34.0 Å². The molecule has 0 spiro atoms. The standard InChI is InChI=1S/C14H19BrFNO2/c1-3-9(4-2)12(18)8-17-14(19)10-6-5-7-11(15)13(10)16/h5-7,9,12,18H,3-4,8H2,1-2H3,(H,17,19). The van der Waals surface area contributed by atoms with Crippen LogP contribution in [-0.2, 0) is 0 Å². The van der Waals surface area contributed by atoms with Gasteiger partial charge >= 0.3 is 0 Å². The van der Waals surface area contributed by atoms with Crippen LogP contribution in [0.1, 0.15) is 37.0 Å². The van der Waals surface area contributed by atoms with Crippen molar-refractivity contribution in [2.45, 2.75) is 32.8 Å². The lowest BCUT2D eigenvalue weighted by atomic mass is 9.96. The Balaban J connectivity index is 2.63. The average Bonchev–Trinajstić information content (AvgIpc) is 2.40. The molecule has 1 amide bonds. The first-order valence-electron chi connectivity index (χ1n) is 6.41. The van der Waals surface area contributed by atoms with Gasteiger partial charge in [-0.3, -0.25) is 4.79 Å². The van der Waals surface area contributed by atoms with Gasteiger partial charge in [-0.1, -0.05) is 32.8 Å². The predicted molar refractivity (Wildman–Crippen MR) is 76.5 cm³/mol. The SMILES string of the molecule is CCC(CC)C(O)CNC(=O)c1cccc(Br)c1F. The van der Waals surface area contributed by atoms with Gasteiger partial charge in [-0.25, -0.2) is 4.39 Å². The molecule has 1 aromatic rings. The van der Waals surface area contributed by atoms with Gasteiger partial charge in [0.15, 0.2) is 0 Å². The van der Waals surface area contributed by atoms with Crippen LogP contribution in [0.3, 0.4) is 0 Å². The molecule has 0 aliphatic carbocycles. The second-order valence-corrected chi connectivity index (χ2v) is 5.31. The maximum absolute atomic E-state index is 13.7. The monoisotopic (exact) mass is 331 g/mol. The van der Waals surface area contributed by atoms with Gasteiger partial charge in [-0.2, -0.15) is 0 Å². The molecule has 1 atom stereocenters. The van der Waals surface area contributed by atoms with Gasteiger partial charge in [0.1, 0.15) is 5.82 Å². The third kappa shape index (κ3) is 4.28. The van der Waals surface area contributed by atoms with Crippen molar-refractivity contribution in [3.8, 4) is 0 Å². The lowest BCUT2D eigenvalue weighted by Crippen LogP contribution is -2.36. The Morgan fingerprint density at radius 1 is 1.42 bits per heavy atom. The zero-order valence-electron chi connectivity index (χ0n) is 11.1. The third-order valence-electron chi connectivity index (χ3n) is 3.26. The summed E-state index contributed by atoms with van der Waals surface area (Å²) in [5.74, 6) is -0.950. The van der Waals surface area contributed by atoms with E-state index in [9.17, 15) is 14.3 Å². The van der Waals surface area contributed by atoms with Gasteiger partial charge in [0, 0.05) is 6.54 Å². The minimum Gasteiger partial charge on any atom is -0.391 e. The van der Waals surface area contributed by atoms with E-state index in [-0.39, 0.29) is 22.5 Å². The smallest absolute Gasteiger partial charge is 0.254 e. The van der Waals surface area contributed by atoms with E-state index >= 15 is 0 Å². The van der Waals surface area contributed by atoms with E-state index < -0.39 is 17.8 Å². The Kier molecular flexibility index (Phi) is 6.45. The van der Waals surface area contributed by atoms with E-state index in [1.54, 1.807) is 6.07 Å². The molecule has 2 N–H and O–H groups in total. The van der Waals surface area contributed by atoms with Crippen molar-refractivity contribution in [3.05, 3.63) is 34.1 Å². The quantitative estimate of drug-likeness (QED) is 0.841. The number of amides is 1. The zero-order chi connectivity index (χ0) is 14.4. The first-order valence-corrected chi connectivity index (χ1v) is 7.20. The number of hydrogen-bond acceptors (Lipinski definition) is 2. The van der Waals surface area contributed by atoms with Crippen LogP contribution in [0.4, 0.5) is 4.39 Å². The van der Waals surface area contributed by atoms with Gasteiger partial charge in [0.05, 0.1) is 16.1 Å². The lowest BCUT2D eigenvalue weighted by Gasteiger charge is -2.20. The Morgan fingerprint density at radius 2 is 2.05 bits per heavy atom. The highest BCUT2D eigenvalue weighted by molar-refractivity contribution is 9.10. The van der Waals surface area contributed by atoms with Crippen LogP contribution in [0.2, 0.25) is 0 Å². The molecule has 0 fully saturated rings. The van der Waals surface area contributed by atoms with Gasteiger partial charge in [0.2, 0.25) is 0 Å². The first-order chi connectivity index (χ1) is 9.01. The Bertz CT molecular complexity index is 435. The number of aliphatic hydroxyl groups is 1. The predicted octanol–water partition coefficient (Wildman–Crippen LogP) is 3.12. The van der Waals surface area contributed by atoms with Crippen molar-refractivity contribution in [1.82, 2.24) is 5.32 Å². The van der Waals surface area contributed by atoms with Gasteiger partial charge in [0.25, 0.3) is 5.91 Å². The molecule has 0 aromatic heterocycles. The largest absolute Gasteiger partial charge is 0.391 e. The van der Waals surface area contributed by atoms with E-state index in [4.69, 9.17) is 0 Å². The van der Waals surface area contributed by atoms with Crippen LogP contribution < -0.4 is 5.32 Å². The molecule has 1 rings (SSSR count). The Hall–Kier alpha value is -0.940. The summed E-state index contributed by atoms with van der Waals surface area (Å²) >= 11 is 3.04. The molecular formula is C14H19BrFNO2. The summed E-state index contributed by atoms with van der Waals surface area (Å²) < 4.78 is 13.9.